The predicted molar refractivity (Wildman–Crippen MR) is 95.8 cm³/mol. The normalized spacial score (nSPS) is 26.8. The predicted octanol–water partition coefficient (Wildman–Crippen LogP) is 1.25. The molecule has 0 saturated carbocycles. The van der Waals surface area contributed by atoms with Crippen LogP contribution in [0.25, 0.3) is 0 Å². The van der Waals surface area contributed by atoms with Crippen LogP contribution in [-0.4, -0.2) is 40.6 Å². The first kappa shape index (κ1) is 18.5. The van der Waals surface area contributed by atoms with Crippen LogP contribution in [-0.2, 0) is 25.6 Å². The Hall–Kier alpha value is -2.91. The fraction of sp³-hybridized carbons (Fsp3) is 0.421. The molecule has 4 rings (SSSR count). The largest absolute Gasteiger partial charge is 0.508 e. The summed E-state index contributed by atoms with van der Waals surface area (Å²) in [5.74, 6) is 0. The Labute approximate surface area is 159 Å². The average Bonchev–Trinajstić information content (AvgIpc) is 3.30. The molecule has 0 amide bonds. The van der Waals surface area contributed by atoms with Crippen LogP contribution in [0, 0.1) is 6.92 Å². The van der Waals surface area contributed by atoms with Crippen LogP contribution in [0.4, 0.5) is 4.79 Å². The van der Waals surface area contributed by atoms with Gasteiger partial charge >= 0.3 is 11.8 Å². The van der Waals surface area contributed by atoms with Gasteiger partial charge in [0.25, 0.3) is 5.56 Å². The van der Waals surface area contributed by atoms with Crippen molar-refractivity contribution in [2.24, 2.45) is 0 Å². The molecule has 1 aromatic carbocycles. The number of aromatic nitrogens is 2. The average molecular weight is 388 g/mol. The van der Waals surface area contributed by atoms with E-state index in [-0.39, 0.29) is 6.61 Å². The zero-order valence-corrected chi connectivity index (χ0v) is 15.2. The third-order valence-electron chi connectivity index (χ3n) is 4.86. The summed E-state index contributed by atoms with van der Waals surface area (Å²) in [6.07, 6.45) is -1.25. The van der Waals surface area contributed by atoms with Crippen LogP contribution in [0.15, 0.2) is 46.1 Å². The summed E-state index contributed by atoms with van der Waals surface area (Å²) < 4.78 is 23.4. The van der Waals surface area contributed by atoms with E-state index in [0.717, 1.165) is 5.56 Å². The summed E-state index contributed by atoms with van der Waals surface area (Å²) in [4.78, 5) is 37.5. The second-order valence-corrected chi connectivity index (χ2v) is 6.82. The Balaban J connectivity index is 1.56. The van der Waals surface area contributed by atoms with Gasteiger partial charge in [-0.05, 0) is 12.5 Å². The maximum absolute atomic E-state index is 12.2. The molecule has 9 heteroatoms. The van der Waals surface area contributed by atoms with E-state index >= 15 is 0 Å². The Morgan fingerprint density at radius 1 is 1.21 bits per heavy atom. The third kappa shape index (κ3) is 3.71. The molecule has 0 aliphatic carbocycles. The van der Waals surface area contributed by atoms with Crippen LogP contribution in [0.3, 0.4) is 0 Å². The number of nitrogens with zero attached hydrogens (tertiary/aromatic N) is 1. The van der Waals surface area contributed by atoms with Crippen molar-refractivity contribution in [2.75, 3.05) is 6.61 Å². The van der Waals surface area contributed by atoms with Gasteiger partial charge in [0.2, 0.25) is 0 Å². The van der Waals surface area contributed by atoms with Gasteiger partial charge in [0.05, 0.1) is 12.7 Å². The van der Waals surface area contributed by atoms with E-state index < -0.39 is 41.9 Å². The molecule has 4 atom stereocenters. The highest BCUT2D eigenvalue weighted by Gasteiger charge is 2.46. The molecule has 28 heavy (non-hydrogen) atoms. The second kappa shape index (κ2) is 7.61. The van der Waals surface area contributed by atoms with Gasteiger partial charge in [-0.1, -0.05) is 30.3 Å². The molecule has 2 aliphatic rings. The summed E-state index contributed by atoms with van der Waals surface area (Å²) in [5.41, 5.74) is 0.374. The zero-order valence-electron chi connectivity index (χ0n) is 15.2. The van der Waals surface area contributed by atoms with E-state index in [1.165, 1.54) is 10.8 Å². The number of ether oxygens (including phenoxy) is 4. The lowest BCUT2D eigenvalue weighted by molar-refractivity contribution is -0.0906. The number of carbonyl (C=O) groups excluding carboxylic acids is 1. The molecule has 1 aromatic heterocycles. The van der Waals surface area contributed by atoms with Gasteiger partial charge in [0, 0.05) is 18.2 Å². The van der Waals surface area contributed by atoms with Gasteiger partial charge in [0.15, 0.2) is 6.10 Å². The maximum atomic E-state index is 12.2. The number of nitrogens with one attached hydrogen (secondary N) is 1. The van der Waals surface area contributed by atoms with Crippen molar-refractivity contribution in [2.45, 2.75) is 44.5 Å². The standard InChI is InChI=1S/C19H20N2O7/c1-11-8-21(18(23)20-17(11)22)15-7-13(25-9-12-5-3-2-4-6-12)16(28-15)14-10-26-19(24)27-14/h2-6,8,13-16H,7,9-10H2,1H3,(H,20,22,23)/t13-,14-,15-,16+/m1/s1. The van der Waals surface area contributed by atoms with E-state index in [9.17, 15) is 14.4 Å². The number of benzene rings is 1. The van der Waals surface area contributed by atoms with Gasteiger partial charge in [0.1, 0.15) is 18.9 Å². The fourth-order valence-electron chi connectivity index (χ4n) is 3.41. The lowest BCUT2D eigenvalue weighted by atomic mass is 10.1. The van der Waals surface area contributed by atoms with E-state index in [4.69, 9.17) is 18.9 Å². The molecule has 2 saturated heterocycles. The lowest BCUT2D eigenvalue weighted by Gasteiger charge is -2.22. The molecule has 1 N–H and O–H groups in total. The minimum atomic E-state index is -0.754. The lowest BCUT2D eigenvalue weighted by Crippen LogP contribution is -2.38. The minimum Gasteiger partial charge on any atom is -0.430 e. The molecular formula is C19H20N2O7. The van der Waals surface area contributed by atoms with E-state index in [1.54, 1.807) is 6.92 Å². The zero-order chi connectivity index (χ0) is 19.7. The van der Waals surface area contributed by atoms with Crippen molar-refractivity contribution in [3.05, 3.63) is 68.5 Å². The van der Waals surface area contributed by atoms with Crippen LogP contribution in [0.2, 0.25) is 0 Å². The molecule has 0 unspecified atom stereocenters. The number of hydrogen-bond acceptors (Lipinski definition) is 7. The van der Waals surface area contributed by atoms with E-state index in [1.807, 2.05) is 30.3 Å². The number of rotatable bonds is 5. The van der Waals surface area contributed by atoms with Crippen molar-refractivity contribution in [3.8, 4) is 0 Å². The smallest absolute Gasteiger partial charge is 0.430 e. The molecule has 0 bridgehead atoms. The first-order valence-electron chi connectivity index (χ1n) is 8.98. The van der Waals surface area contributed by atoms with Crippen molar-refractivity contribution in [1.82, 2.24) is 9.55 Å². The molecular weight excluding hydrogens is 368 g/mol. The number of aromatic amines is 1. The molecule has 2 aliphatic heterocycles. The number of hydrogen-bond donors (Lipinski definition) is 1. The van der Waals surface area contributed by atoms with Gasteiger partial charge in [-0.3, -0.25) is 14.3 Å². The third-order valence-corrected chi connectivity index (χ3v) is 4.86. The molecule has 2 fully saturated rings. The van der Waals surface area contributed by atoms with Crippen molar-refractivity contribution in [3.63, 3.8) is 0 Å². The Kier molecular flexibility index (Phi) is 5.01. The van der Waals surface area contributed by atoms with E-state index in [2.05, 4.69) is 4.98 Å². The van der Waals surface area contributed by atoms with Crippen LogP contribution in [0.5, 0.6) is 0 Å². The maximum Gasteiger partial charge on any atom is 0.508 e. The molecule has 0 radical (unpaired) electrons. The van der Waals surface area contributed by atoms with Crippen molar-refractivity contribution >= 4 is 6.16 Å². The van der Waals surface area contributed by atoms with Crippen LogP contribution < -0.4 is 11.2 Å². The molecule has 0 spiro atoms. The summed E-state index contributed by atoms with van der Waals surface area (Å²) in [7, 11) is 0. The molecule has 9 nitrogen and oxygen atoms in total. The van der Waals surface area contributed by atoms with Crippen LogP contribution in [0.1, 0.15) is 23.8 Å². The van der Waals surface area contributed by atoms with Gasteiger partial charge < -0.3 is 18.9 Å². The monoisotopic (exact) mass is 388 g/mol. The second-order valence-electron chi connectivity index (χ2n) is 6.82. The summed E-state index contributed by atoms with van der Waals surface area (Å²) in [6, 6.07) is 9.63. The summed E-state index contributed by atoms with van der Waals surface area (Å²) >= 11 is 0. The minimum absolute atomic E-state index is 0.0565. The van der Waals surface area contributed by atoms with Gasteiger partial charge in [-0.15, -0.1) is 0 Å². The molecule has 2 aromatic rings. The number of carbonyl (C=O) groups is 1. The topological polar surface area (TPSA) is 109 Å². The number of H-pyrrole nitrogens is 1. The number of cyclic esters (lactones) is 2. The number of aryl methyl sites for hydroxylation is 1. The SMILES string of the molecule is Cc1cn([C@H]2C[C@@H](OCc3ccccc3)[C@@H]([C@H]3COC(=O)O3)O2)c(=O)[nH]c1=O. The molecule has 3 heterocycles. The van der Waals surface area contributed by atoms with Gasteiger partial charge in [-0.25, -0.2) is 9.59 Å². The highest BCUT2D eigenvalue weighted by atomic mass is 16.8. The first-order valence-corrected chi connectivity index (χ1v) is 8.98. The Morgan fingerprint density at radius 3 is 2.71 bits per heavy atom. The van der Waals surface area contributed by atoms with E-state index in [0.29, 0.717) is 18.6 Å². The highest BCUT2D eigenvalue weighted by molar-refractivity contribution is 5.62. The first-order chi connectivity index (χ1) is 13.5. The molecule has 148 valence electrons. The van der Waals surface area contributed by atoms with Gasteiger partial charge in [-0.2, -0.15) is 0 Å². The quantitative estimate of drug-likeness (QED) is 0.768. The van der Waals surface area contributed by atoms with Crippen LogP contribution >= 0.6 is 0 Å². The van der Waals surface area contributed by atoms with Crippen molar-refractivity contribution < 1.29 is 23.7 Å². The Morgan fingerprint density at radius 2 is 2.00 bits per heavy atom. The Bertz CT molecular complexity index is 968. The van der Waals surface area contributed by atoms with Crippen molar-refractivity contribution in [1.29, 1.82) is 0 Å². The fourth-order valence-corrected chi connectivity index (χ4v) is 3.41. The summed E-state index contributed by atoms with van der Waals surface area (Å²) in [6.45, 7) is 2.01. The summed E-state index contributed by atoms with van der Waals surface area (Å²) in [5, 5.41) is 0. The highest BCUT2D eigenvalue weighted by Crippen LogP contribution is 2.34.